The highest BCUT2D eigenvalue weighted by Crippen LogP contribution is 2.41. The molecule has 5 rings (SSSR count). The molecule has 0 spiro atoms. The number of rotatable bonds is 5. The van der Waals surface area contributed by atoms with Crippen molar-refractivity contribution in [2.75, 3.05) is 0 Å². The van der Waals surface area contributed by atoms with Gasteiger partial charge in [0.15, 0.2) is 0 Å². The quantitative estimate of drug-likeness (QED) is 0.343. The molecular formula is C31H29NO2. The fourth-order valence-corrected chi connectivity index (χ4v) is 5.24. The van der Waals surface area contributed by atoms with Crippen LogP contribution in [0.15, 0.2) is 109 Å². The van der Waals surface area contributed by atoms with E-state index in [1.165, 1.54) is 11.1 Å². The molecule has 0 saturated carbocycles. The second-order valence-electron chi connectivity index (χ2n) is 9.03. The van der Waals surface area contributed by atoms with Gasteiger partial charge in [-0.05, 0) is 59.2 Å². The van der Waals surface area contributed by atoms with Crippen LogP contribution in [0.4, 0.5) is 0 Å². The van der Waals surface area contributed by atoms with E-state index in [-0.39, 0.29) is 23.6 Å². The Hall–Kier alpha value is -3.85. The van der Waals surface area contributed by atoms with Crippen molar-refractivity contribution in [2.24, 2.45) is 0 Å². The van der Waals surface area contributed by atoms with Gasteiger partial charge in [0.2, 0.25) is 5.91 Å². The van der Waals surface area contributed by atoms with Crippen molar-refractivity contribution < 1.29 is 9.90 Å². The maximum absolute atomic E-state index is 14.0. The molecule has 0 radical (unpaired) electrons. The first-order chi connectivity index (χ1) is 16.7. The van der Waals surface area contributed by atoms with Gasteiger partial charge in [0, 0.05) is 5.92 Å². The predicted molar refractivity (Wildman–Crippen MR) is 136 cm³/mol. The Balaban J connectivity index is 1.55. The van der Waals surface area contributed by atoms with Gasteiger partial charge in [-0.3, -0.25) is 4.79 Å². The monoisotopic (exact) mass is 447 g/mol. The van der Waals surface area contributed by atoms with E-state index in [4.69, 9.17) is 0 Å². The topological polar surface area (TPSA) is 49.3 Å². The van der Waals surface area contributed by atoms with Crippen molar-refractivity contribution in [3.05, 3.63) is 137 Å². The van der Waals surface area contributed by atoms with Gasteiger partial charge < -0.3 is 10.4 Å². The molecule has 0 bridgehead atoms. The number of hydrogen-bond acceptors (Lipinski definition) is 2. The normalized spacial score (nSPS) is 17.6. The van der Waals surface area contributed by atoms with E-state index in [0.29, 0.717) is 0 Å². The molecule has 3 nitrogen and oxygen atoms in total. The summed E-state index contributed by atoms with van der Waals surface area (Å²) in [5, 5.41) is 13.3. The number of amides is 1. The van der Waals surface area contributed by atoms with Crippen LogP contribution in [0.5, 0.6) is 5.75 Å². The van der Waals surface area contributed by atoms with Gasteiger partial charge in [-0.2, -0.15) is 0 Å². The van der Waals surface area contributed by atoms with Crippen molar-refractivity contribution in [3.8, 4) is 5.75 Å². The molecule has 34 heavy (non-hydrogen) atoms. The van der Waals surface area contributed by atoms with Gasteiger partial charge in [-0.15, -0.1) is 0 Å². The van der Waals surface area contributed by atoms with Crippen LogP contribution in [0.3, 0.4) is 0 Å². The maximum Gasteiger partial charge on any atom is 0.232 e. The lowest BCUT2D eigenvalue weighted by Crippen LogP contribution is -2.36. The molecule has 170 valence electrons. The summed E-state index contributed by atoms with van der Waals surface area (Å²) < 4.78 is 0. The number of phenolic OH excluding ortho intramolecular Hbond substituents is 1. The molecule has 2 N–H and O–H groups in total. The summed E-state index contributed by atoms with van der Waals surface area (Å²) in [6.07, 6.45) is 3.01. The molecular weight excluding hydrogens is 418 g/mol. The number of aromatic hydroxyl groups is 1. The van der Waals surface area contributed by atoms with Crippen LogP contribution >= 0.6 is 0 Å². The third-order valence-electron chi connectivity index (χ3n) is 6.90. The highest BCUT2D eigenvalue weighted by Gasteiger charge is 2.33. The van der Waals surface area contributed by atoms with Crippen LogP contribution in [-0.2, 0) is 11.2 Å². The van der Waals surface area contributed by atoms with E-state index in [1.807, 2.05) is 72.8 Å². The maximum atomic E-state index is 14.0. The van der Waals surface area contributed by atoms with Crippen molar-refractivity contribution in [3.63, 3.8) is 0 Å². The summed E-state index contributed by atoms with van der Waals surface area (Å²) in [7, 11) is 0. The summed E-state index contributed by atoms with van der Waals surface area (Å²) in [5.41, 5.74) is 5.58. The molecule has 1 aliphatic rings. The van der Waals surface area contributed by atoms with Gasteiger partial charge >= 0.3 is 0 Å². The highest BCUT2D eigenvalue weighted by atomic mass is 16.3. The van der Waals surface area contributed by atoms with Gasteiger partial charge in [0.1, 0.15) is 5.75 Å². The lowest BCUT2D eigenvalue weighted by Gasteiger charge is -2.30. The number of benzene rings is 4. The summed E-state index contributed by atoms with van der Waals surface area (Å²) in [6.45, 7) is 0. The van der Waals surface area contributed by atoms with Crippen LogP contribution in [0, 0.1) is 0 Å². The number of fused-ring (bicyclic) bond motifs is 1. The van der Waals surface area contributed by atoms with Crippen LogP contribution in [0.2, 0.25) is 0 Å². The minimum atomic E-state index is -0.390. The Morgan fingerprint density at radius 1 is 0.765 bits per heavy atom. The van der Waals surface area contributed by atoms with Crippen LogP contribution in [0.1, 0.15) is 58.5 Å². The lowest BCUT2D eigenvalue weighted by molar-refractivity contribution is -0.122. The minimum Gasteiger partial charge on any atom is -0.508 e. The second kappa shape index (κ2) is 9.96. The fraction of sp³-hybridized carbons (Fsp3) is 0.194. The van der Waals surface area contributed by atoms with Gasteiger partial charge in [-0.25, -0.2) is 0 Å². The molecule has 4 aromatic rings. The van der Waals surface area contributed by atoms with Gasteiger partial charge in [0.25, 0.3) is 0 Å². The Labute approximate surface area is 201 Å². The predicted octanol–water partition coefficient (Wildman–Crippen LogP) is 6.50. The SMILES string of the molecule is O=C(N[C@H]1c2ccccc2CCC[C@@H]1c1ccc(O)cc1)C(c1ccccc1)c1ccccc1. The Bertz CT molecular complexity index is 1200. The van der Waals surface area contributed by atoms with E-state index in [9.17, 15) is 9.90 Å². The van der Waals surface area contributed by atoms with E-state index in [0.717, 1.165) is 36.0 Å². The number of carbonyl (C=O) groups excluding carboxylic acids is 1. The fourth-order valence-electron chi connectivity index (χ4n) is 5.24. The van der Waals surface area contributed by atoms with Crippen LogP contribution < -0.4 is 5.32 Å². The largest absolute Gasteiger partial charge is 0.508 e. The molecule has 3 heteroatoms. The third kappa shape index (κ3) is 4.60. The number of hydrogen-bond donors (Lipinski definition) is 2. The minimum absolute atomic E-state index is 0.00267. The summed E-state index contributed by atoms with van der Waals surface area (Å²) in [5.74, 6) is -0.00635. The molecule has 0 heterocycles. The smallest absolute Gasteiger partial charge is 0.232 e. The molecule has 0 fully saturated rings. The Morgan fingerprint density at radius 2 is 1.35 bits per heavy atom. The number of phenols is 1. The molecule has 0 saturated heterocycles. The standard InChI is InChI=1S/C31H29NO2/c33-26-20-18-23(19-21-26)28-17-9-15-22-10-7-8-16-27(22)30(28)32-31(34)29(24-11-3-1-4-12-24)25-13-5-2-6-14-25/h1-8,10-14,16,18-21,28-30,33H,9,15,17H2,(H,32,34)/t28-,30+/m1/s1. The Morgan fingerprint density at radius 3 is 2.00 bits per heavy atom. The summed E-state index contributed by atoms with van der Waals surface area (Å²) >= 11 is 0. The van der Waals surface area contributed by atoms with Crippen molar-refractivity contribution in [1.29, 1.82) is 0 Å². The number of aryl methyl sites for hydroxylation is 1. The molecule has 4 aromatic carbocycles. The van der Waals surface area contributed by atoms with Gasteiger partial charge in [0.05, 0.1) is 12.0 Å². The molecule has 1 amide bonds. The zero-order valence-corrected chi connectivity index (χ0v) is 19.1. The van der Waals surface area contributed by atoms with Gasteiger partial charge in [-0.1, -0.05) is 97.1 Å². The molecule has 2 atom stereocenters. The van der Waals surface area contributed by atoms with E-state index >= 15 is 0 Å². The van der Waals surface area contributed by atoms with Crippen LogP contribution in [0.25, 0.3) is 0 Å². The average molecular weight is 448 g/mol. The molecule has 0 unspecified atom stereocenters. The second-order valence-corrected chi connectivity index (χ2v) is 9.03. The average Bonchev–Trinajstić information content (AvgIpc) is 3.06. The molecule has 0 aromatic heterocycles. The van der Waals surface area contributed by atoms with Crippen molar-refractivity contribution in [2.45, 2.75) is 37.1 Å². The first-order valence-corrected chi connectivity index (χ1v) is 12.0. The highest BCUT2D eigenvalue weighted by molar-refractivity contribution is 5.87. The summed E-state index contributed by atoms with van der Waals surface area (Å²) in [6, 6.07) is 35.8. The number of nitrogens with one attached hydrogen (secondary N) is 1. The van der Waals surface area contributed by atoms with E-state index in [2.05, 4.69) is 29.6 Å². The number of carbonyl (C=O) groups is 1. The van der Waals surface area contributed by atoms with E-state index < -0.39 is 5.92 Å². The van der Waals surface area contributed by atoms with E-state index in [1.54, 1.807) is 12.1 Å². The first kappa shape index (κ1) is 22.0. The summed E-state index contributed by atoms with van der Waals surface area (Å²) in [4.78, 5) is 14.0. The van der Waals surface area contributed by atoms with Crippen molar-refractivity contribution >= 4 is 5.91 Å². The molecule has 0 aliphatic heterocycles. The third-order valence-corrected chi connectivity index (χ3v) is 6.90. The zero-order valence-electron chi connectivity index (χ0n) is 19.1. The zero-order chi connectivity index (χ0) is 23.3. The van der Waals surface area contributed by atoms with Crippen molar-refractivity contribution in [1.82, 2.24) is 5.32 Å². The van der Waals surface area contributed by atoms with Crippen LogP contribution in [-0.4, -0.2) is 11.0 Å². The lowest BCUT2D eigenvalue weighted by atomic mass is 9.83. The Kier molecular flexibility index (Phi) is 6.44. The first-order valence-electron chi connectivity index (χ1n) is 12.0. The molecule has 1 aliphatic carbocycles.